The molecule has 0 fully saturated rings. The molecular weight excluding hydrogens is 418 g/mol. The number of hydrogen-bond donors (Lipinski definition) is 1. The number of carbonyl (C=O) groups is 1. The van der Waals surface area contributed by atoms with E-state index >= 15 is 0 Å². The van der Waals surface area contributed by atoms with Gasteiger partial charge in [-0.1, -0.05) is 23.5 Å². The van der Waals surface area contributed by atoms with Crippen molar-refractivity contribution in [1.82, 2.24) is 29.7 Å². The Morgan fingerprint density at radius 3 is 2.30 bits per heavy atom. The second-order valence-corrected chi connectivity index (χ2v) is 8.29. The van der Waals surface area contributed by atoms with E-state index in [9.17, 15) is 4.79 Å². The van der Waals surface area contributed by atoms with Gasteiger partial charge in [-0.25, -0.2) is 9.97 Å². The summed E-state index contributed by atoms with van der Waals surface area (Å²) in [5, 5.41) is 8.37. The van der Waals surface area contributed by atoms with Crippen molar-refractivity contribution in [2.24, 2.45) is 7.05 Å². The van der Waals surface area contributed by atoms with Crippen LogP contribution < -0.4 is 5.32 Å². The standard InChI is InChI=1S/C20H17N7OS2/c1-27-11-6-17(26-27)25-18(28)12-16-20(30-15-4-9-22-10-5-15)23-13-19(24-16)29-14-2-7-21-8-3-14/h2-11,13H,12H2,1H3,(H,25,26,28). The van der Waals surface area contributed by atoms with Gasteiger partial charge in [-0.05, 0) is 24.3 Å². The number of carbonyl (C=O) groups excluding carboxylic acids is 1. The Labute approximate surface area is 181 Å². The first-order valence-electron chi connectivity index (χ1n) is 8.97. The van der Waals surface area contributed by atoms with Gasteiger partial charge in [0.1, 0.15) is 10.1 Å². The Morgan fingerprint density at radius 2 is 1.67 bits per heavy atom. The first-order chi connectivity index (χ1) is 14.7. The molecule has 30 heavy (non-hydrogen) atoms. The van der Waals surface area contributed by atoms with E-state index in [0.717, 1.165) is 9.79 Å². The Hall–Kier alpha value is -3.24. The largest absolute Gasteiger partial charge is 0.309 e. The highest BCUT2D eigenvalue weighted by molar-refractivity contribution is 7.99. The Morgan fingerprint density at radius 1 is 1.00 bits per heavy atom. The molecular formula is C20H17N7OS2. The lowest BCUT2D eigenvalue weighted by Crippen LogP contribution is -2.17. The van der Waals surface area contributed by atoms with Gasteiger partial charge in [0.05, 0.1) is 18.3 Å². The first kappa shape index (κ1) is 20.0. The molecule has 10 heteroatoms. The van der Waals surface area contributed by atoms with Crippen LogP contribution in [0.25, 0.3) is 0 Å². The van der Waals surface area contributed by atoms with Gasteiger partial charge in [0.2, 0.25) is 5.91 Å². The zero-order chi connectivity index (χ0) is 20.8. The summed E-state index contributed by atoms with van der Waals surface area (Å²) < 4.78 is 1.63. The van der Waals surface area contributed by atoms with Crippen LogP contribution in [0.1, 0.15) is 5.69 Å². The Balaban J connectivity index is 1.57. The highest BCUT2D eigenvalue weighted by Gasteiger charge is 2.15. The number of hydrogen-bond acceptors (Lipinski definition) is 8. The van der Waals surface area contributed by atoms with Crippen molar-refractivity contribution in [3.63, 3.8) is 0 Å². The van der Waals surface area contributed by atoms with Crippen LogP contribution in [0.4, 0.5) is 5.82 Å². The lowest BCUT2D eigenvalue weighted by atomic mass is 10.3. The number of anilines is 1. The molecule has 0 spiro atoms. The molecule has 4 aromatic heterocycles. The fraction of sp³-hybridized carbons (Fsp3) is 0.100. The Bertz CT molecular complexity index is 1140. The molecule has 0 saturated heterocycles. The van der Waals surface area contributed by atoms with E-state index < -0.39 is 0 Å². The van der Waals surface area contributed by atoms with E-state index in [1.165, 1.54) is 23.5 Å². The molecule has 150 valence electrons. The average Bonchev–Trinajstić information content (AvgIpc) is 3.16. The maximum Gasteiger partial charge on any atom is 0.231 e. The van der Waals surface area contributed by atoms with E-state index in [0.29, 0.717) is 21.6 Å². The monoisotopic (exact) mass is 435 g/mol. The van der Waals surface area contributed by atoms with Crippen LogP contribution >= 0.6 is 23.5 Å². The first-order valence-corrected chi connectivity index (χ1v) is 10.6. The van der Waals surface area contributed by atoms with Gasteiger partial charge >= 0.3 is 0 Å². The van der Waals surface area contributed by atoms with Crippen molar-refractivity contribution < 1.29 is 4.79 Å². The summed E-state index contributed by atoms with van der Waals surface area (Å²) in [6.45, 7) is 0. The van der Waals surface area contributed by atoms with Gasteiger partial charge in [-0.3, -0.25) is 19.4 Å². The molecule has 0 radical (unpaired) electrons. The molecule has 0 saturated carbocycles. The van der Waals surface area contributed by atoms with Crippen LogP contribution in [0.15, 0.2) is 87.4 Å². The summed E-state index contributed by atoms with van der Waals surface area (Å²) >= 11 is 2.92. The zero-order valence-corrected chi connectivity index (χ0v) is 17.6. The predicted octanol–water partition coefficient (Wildman–Crippen LogP) is 3.48. The van der Waals surface area contributed by atoms with Gasteiger partial charge in [-0.2, -0.15) is 5.10 Å². The van der Waals surface area contributed by atoms with Crippen LogP contribution in [0.2, 0.25) is 0 Å². The second kappa shape index (κ2) is 9.51. The average molecular weight is 436 g/mol. The minimum absolute atomic E-state index is 0.0851. The van der Waals surface area contributed by atoms with Crippen molar-refractivity contribution in [3.8, 4) is 0 Å². The lowest BCUT2D eigenvalue weighted by molar-refractivity contribution is -0.115. The third-order valence-electron chi connectivity index (χ3n) is 3.83. The van der Waals surface area contributed by atoms with E-state index in [-0.39, 0.29) is 12.3 Å². The van der Waals surface area contributed by atoms with Crippen molar-refractivity contribution in [3.05, 3.63) is 73.2 Å². The Kier molecular flexibility index (Phi) is 6.35. The number of amides is 1. The number of aromatic nitrogens is 6. The van der Waals surface area contributed by atoms with Crippen LogP contribution in [-0.2, 0) is 18.3 Å². The number of rotatable bonds is 7. The number of pyridine rings is 2. The SMILES string of the molecule is Cn1ccc(NC(=O)Cc2nc(Sc3ccncc3)cnc2Sc2ccncc2)n1. The summed E-state index contributed by atoms with van der Waals surface area (Å²) in [4.78, 5) is 31.9. The highest BCUT2D eigenvalue weighted by atomic mass is 32.2. The van der Waals surface area contributed by atoms with E-state index in [1.54, 1.807) is 55.0 Å². The van der Waals surface area contributed by atoms with Crippen molar-refractivity contribution in [1.29, 1.82) is 0 Å². The molecule has 1 N–H and O–H groups in total. The van der Waals surface area contributed by atoms with Crippen molar-refractivity contribution >= 4 is 35.2 Å². The lowest BCUT2D eigenvalue weighted by Gasteiger charge is -2.10. The normalized spacial score (nSPS) is 10.7. The van der Waals surface area contributed by atoms with Crippen LogP contribution in [0.3, 0.4) is 0 Å². The molecule has 0 aromatic carbocycles. The molecule has 0 aliphatic rings. The predicted molar refractivity (Wildman–Crippen MR) is 114 cm³/mol. The van der Waals surface area contributed by atoms with Gasteiger partial charge in [0.25, 0.3) is 0 Å². The summed E-state index contributed by atoms with van der Waals surface area (Å²) in [6, 6.07) is 9.33. The summed E-state index contributed by atoms with van der Waals surface area (Å²) in [7, 11) is 1.80. The molecule has 0 aliphatic carbocycles. The maximum atomic E-state index is 12.6. The highest BCUT2D eigenvalue weighted by Crippen LogP contribution is 2.31. The van der Waals surface area contributed by atoms with E-state index in [2.05, 4.69) is 25.4 Å². The quantitative estimate of drug-likeness (QED) is 0.471. The van der Waals surface area contributed by atoms with Crippen molar-refractivity contribution in [2.45, 2.75) is 26.3 Å². The third-order valence-corrected chi connectivity index (χ3v) is 5.79. The fourth-order valence-corrected chi connectivity index (χ4v) is 4.10. The minimum Gasteiger partial charge on any atom is -0.309 e. The summed E-state index contributed by atoms with van der Waals surface area (Å²) in [5.41, 5.74) is 0.601. The number of aryl methyl sites for hydroxylation is 1. The third kappa shape index (κ3) is 5.43. The van der Waals surface area contributed by atoms with Crippen molar-refractivity contribution in [2.75, 3.05) is 5.32 Å². The molecule has 1 amide bonds. The van der Waals surface area contributed by atoms with E-state index in [1.807, 2.05) is 24.3 Å². The van der Waals surface area contributed by atoms with Crippen LogP contribution in [0.5, 0.6) is 0 Å². The number of nitrogens with one attached hydrogen (secondary N) is 1. The molecule has 0 aliphatic heterocycles. The van der Waals surface area contributed by atoms with Crippen LogP contribution in [-0.4, -0.2) is 35.6 Å². The summed E-state index contributed by atoms with van der Waals surface area (Å²) in [5.74, 6) is 0.298. The topological polar surface area (TPSA) is 98.5 Å². The molecule has 8 nitrogen and oxygen atoms in total. The molecule has 4 rings (SSSR count). The minimum atomic E-state index is -0.203. The maximum absolute atomic E-state index is 12.6. The van der Waals surface area contributed by atoms with Gasteiger partial charge < -0.3 is 5.32 Å². The van der Waals surface area contributed by atoms with Gasteiger partial charge in [0, 0.05) is 53.9 Å². The van der Waals surface area contributed by atoms with Gasteiger partial charge in [0.15, 0.2) is 5.82 Å². The smallest absolute Gasteiger partial charge is 0.231 e. The van der Waals surface area contributed by atoms with Crippen LogP contribution in [0, 0.1) is 0 Å². The molecule has 0 atom stereocenters. The van der Waals surface area contributed by atoms with E-state index in [4.69, 9.17) is 4.98 Å². The molecule has 0 unspecified atom stereocenters. The van der Waals surface area contributed by atoms with Gasteiger partial charge in [-0.15, -0.1) is 0 Å². The molecule has 0 bridgehead atoms. The molecule has 4 aromatic rings. The zero-order valence-electron chi connectivity index (χ0n) is 16.0. The second-order valence-electron chi connectivity index (χ2n) is 6.13. The summed E-state index contributed by atoms with van der Waals surface area (Å²) in [6.07, 6.45) is 10.5. The molecule has 4 heterocycles. The number of nitrogens with zero attached hydrogens (tertiary/aromatic N) is 6. The fourth-order valence-electron chi connectivity index (χ4n) is 2.51.